The van der Waals surface area contributed by atoms with E-state index in [2.05, 4.69) is 9.97 Å². The highest BCUT2D eigenvalue weighted by Crippen LogP contribution is 2.29. The van der Waals surface area contributed by atoms with Gasteiger partial charge >= 0.3 is 12.1 Å². The van der Waals surface area contributed by atoms with Crippen LogP contribution in [-0.4, -0.2) is 39.8 Å². The molecule has 0 unspecified atom stereocenters. The molecule has 2 heterocycles. The Morgan fingerprint density at radius 3 is 2.60 bits per heavy atom. The Morgan fingerprint density at radius 1 is 1.14 bits per heavy atom. The van der Waals surface area contributed by atoms with Crippen molar-refractivity contribution in [2.24, 2.45) is 5.73 Å². The minimum absolute atomic E-state index is 0.173. The summed E-state index contributed by atoms with van der Waals surface area (Å²) in [5.74, 6) is 0.903. The predicted octanol–water partition coefficient (Wildman–Crippen LogP) is 4.76. The van der Waals surface area contributed by atoms with Crippen LogP contribution in [0.3, 0.4) is 0 Å². The van der Waals surface area contributed by atoms with Crippen LogP contribution in [0.4, 0.5) is 13.2 Å². The number of alkyl halides is 3. The van der Waals surface area contributed by atoms with Crippen LogP contribution in [0.25, 0.3) is 11.4 Å². The summed E-state index contributed by atoms with van der Waals surface area (Å²) in [6.07, 6.45) is -0.187. The molecule has 0 saturated carbocycles. The maximum Gasteiger partial charge on any atom is 0.433 e. The van der Waals surface area contributed by atoms with Gasteiger partial charge in [-0.15, -0.1) is 0 Å². The Bertz CT molecular complexity index is 1110. The van der Waals surface area contributed by atoms with Crippen LogP contribution < -0.4 is 10.5 Å². The number of aromatic nitrogens is 3. The summed E-state index contributed by atoms with van der Waals surface area (Å²) >= 11 is 0. The lowest BCUT2D eigenvalue weighted by Gasteiger charge is -2.16. The second-order valence-electron chi connectivity index (χ2n) is 8.11. The van der Waals surface area contributed by atoms with Gasteiger partial charge in [-0.2, -0.15) is 13.2 Å². The van der Waals surface area contributed by atoms with Crippen molar-refractivity contribution < 1.29 is 27.4 Å². The third kappa shape index (κ3) is 7.29. The third-order valence-electron chi connectivity index (χ3n) is 5.38. The molecule has 188 valence electrons. The molecule has 2 aromatic heterocycles. The molecule has 0 aliphatic rings. The SMILES string of the molecule is CCOC(=O)C[C@H](N)CCCOc1ccccc1Cn1c(C)cnc1-c1ccc(C(F)(F)F)nc1. The molecule has 3 rings (SSSR count). The number of benzene rings is 1. The minimum Gasteiger partial charge on any atom is -0.493 e. The van der Waals surface area contributed by atoms with E-state index in [0.717, 1.165) is 17.3 Å². The second kappa shape index (κ2) is 11.8. The summed E-state index contributed by atoms with van der Waals surface area (Å²) in [6.45, 7) is 4.80. The Labute approximate surface area is 202 Å². The average Bonchev–Trinajstić information content (AvgIpc) is 3.17. The summed E-state index contributed by atoms with van der Waals surface area (Å²) in [4.78, 5) is 19.5. The van der Waals surface area contributed by atoms with Crippen molar-refractivity contribution in [1.82, 2.24) is 14.5 Å². The first-order valence-electron chi connectivity index (χ1n) is 11.4. The fraction of sp³-hybridized carbons (Fsp3) is 0.400. The number of esters is 1. The van der Waals surface area contributed by atoms with Crippen molar-refractivity contribution >= 4 is 5.97 Å². The fourth-order valence-corrected chi connectivity index (χ4v) is 3.59. The fourth-order valence-electron chi connectivity index (χ4n) is 3.59. The molecule has 0 aliphatic heterocycles. The van der Waals surface area contributed by atoms with Gasteiger partial charge in [0.2, 0.25) is 0 Å². The Morgan fingerprint density at radius 2 is 1.91 bits per heavy atom. The smallest absolute Gasteiger partial charge is 0.433 e. The molecule has 1 aromatic carbocycles. The first-order chi connectivity index (χ1) is 16.7. The molecule has 3 aromatic rings. The number of ether oxygens (including phenoxy) is 2. The first-order valence-corrected chi connectivity index (χ1v) is 11.4. The number of nitrogens with zero attached hydrogens (tertiary/aromatic N) is 3. The van der Waals surface area contributed by atoms with Gasteiger partial charge in [0, 0.05) is 35.3 Å². The molecule has 0 radical (unpaired) electrons. The van der Waals surface area contributed by atoms with Crippen LogP contribution in [-0.2, 0) is 22.3 Å². The molecule has 0 saturated heterocycles. The van der Waals surface area contributed by atoms with E-state index < -0.39 is 11.9 Å². The van der Waals surface area contributed by atoms with Gasteiger partial charge in [0.05, 0.1) is 26.2 Å². The molecule has 0 spiro atoms. The van der Waals surface area contributed by atoms with Crippen molar-refractivity contribution in [1.29, 1.82) is 0 Å². The minimum atomic E-state index is -4.50. The molecule has 0 fully saturated rings. The number of halogens is 3. The van der Waals surface area contributed by atoms with Crippen molar-refractivity contribution in [3.8, 4) is 17.1 Å². The zero-order valence-electron chi connectivity index (χ0n) is 19.7. The van der Waals surface area contributed by atoms with Crippen LogP contribution in [0.5, 0.6) is 5.75 Å². The zero-order chi connectivity index (χ0) is 25.4. The predicted molar refractivity (Wildman–Crippen MR) is 125 cm³/mol. The van der Waals surface area contributed by atoms with Gasteiger partial charge in [0.15, 0.2) is 0 Å². The van der Waals surface area contributed by atoms with Crippen LogP contribution in [0.15, 0.2) is 48.8 Å². The van der Waals surface area contributed by atoms with Gasteiger partial charge in [-0.05, 0) is 44.9 Å². The average molecular weight is 491 g/mol. The molecule has 7 nitrogen and oxygen atoms in total. The van der Waals surface area contributed by atoms with E-state index in [9.17, 15) is 18.0 Å². The molecule has 1 atom stereocenters. The lowest BCUT2D eigenvalue weighted by molar-refractivity contribution is -0.143. The van der Waals surface area contributed by atoms with E-state index in [-0.39, 0.29) is 18.4 Å². The Balaban J connectivity index is 1.66. The highest BCUT2D eigenvalue weighted by atomic mass is 19.4. The molecule has 10 heteroatoms. The summed E-state index contributed by atoms with van der Waals surface area (Å²) in [5, 5.41) is 0. The van der Waals surface area contributed by atoms with E-state index >= 15 is 0 Å². The van der Waals surface area contributed by atoms with Crippen LogP contribution in [0.2, 0.25) is 0 Å². The number of pyridine rings is 1. The molecule has 0 aliphatic carbocycles. The molecule has 2 N–H and O–H groups in total. The van der Waals surface area contributed by atoms with E-state index in [4.69, 9.17) is 15.2 Å². The number of rotatable bonds is 11. The van der Waals surface area contributed by atoms with Gasteiger partial charge < -0.3 is 19.8 Å². The number of nitrogens with two attached hydrogens (primary N) is 1. The Hall–Kier alpha value is -3.40. The van der Waals surface area contributed by atoms with E-state index in [1.54, 1.807) is 13.1 Å². The van der Waals surface area contributed by atoms with Crippen molar-refractivity contribution in [2.75, 3.05) is 13.2 Å². The maximum absolute atomic E-state index is 12.9. The van der Waals surface area contributed by atoms with Crippen molar-refractivity contribution in [3.63, 3.8) is 0 Å². The second-order valence-corrected chi connectivity index (χ2v) is 8.11. The maximum atomic E-state index is 12.9. The summed E-state index contributed by atoms with van der Waals surface area (Å²) in [5.41, 5.74) is 7.27. The monoisotopic (exact) mass is 490 g/mol. The van der Waals surface area contributed by atoms with Crippen molar-refractivity contribution in [3.05, 3.63) is 65.7 Å². The lowest BCUT2D eigenvalue weighted by atomic mass is 10.1. The molecular formula is C25H29F3N4O3. The summed E-state index contributed by atoms with van der Waals surface area (Å²) < 4.78 is 51.4. The molecule has 0 amide bonds. The van der Waals surface area contributed by atoms with Crippen LogP contribution in [0, 0.1) is 6.92 Å². The highest BCUT2D eigenvalue weighted by molar-refractivity contribution is 5.70. The van der Waals surface area contributed by atoms with E-state index in [1.807, 2.05) is 35.8 Å². The topological polar surface area (TPSA) is 92.3 Å². The third-order valence-corrected chi connectivity index (χ3v) is 5.38. The zero-order valence-corrected chi connectivity index (χ0v) is 19.7. The van der Waals surface area contributed by atoms with Gasteiger partial charge in [-0.25, -0.2) is 4.98 Å². The largest absolute Gasteiger partial charge is 0.493 e. The molecule has 35 heavy (non-hydrogen) atoms. The number of carbonyl (C=O) groups excluding carboxylic acids is 1. The molecular weight excluding hydrogens is 461 g/mol. The van der Waals surface area contributed by atoms with Gasteiger partial charge in [0.25, 0.3) is 0 Å². The molecule has 0 bridgehead atoms. The normalized spacial score (nSPS) is 12.4. The van der Waals surface area contributed by atoms with Gasteiger partial charge in [0.1, 0.15) is 17.3 Å². The van der Waals surface area contributed by atoms with E-state index in [0.29, 0.717) is 49.7 Å². The summed E-state index contributed by atoms with van der Waals surface area (Å²) in [7, 11) is 0. The highest BCUT2D eigenvalue weighted by Gasteiger charge is 2.32. The van der Waals surface area contributed by atoms with Crippen LogP contribution in [0.1, 0.15) is 43.1 Å². The number of para-hydroxylation sites is 1. The Kier molecular flexibility index (Phi) is 8.86. The summed E-state index contributed by atoms with van der Waals surface area (Å²) in [6, 6.07) is 9.58. The lowest BCUT2D eigenvalue weighted by Crippen LogP contribution is -2.25. The number of hydrogen-bond acceptors (Lipinski definition) is 6. The van der Waals surface area contributed by atoms with Gasteiger partial charge in [-0.1, -0.05) is 18.2 Å². The number of aryl methyl sites for hydroxylation is 1. The van der Waals surface area contributed by atoms with Crippen LogP contribution >= 0.6 is 0 Å². The number of carbonyl (C=O) groups is 1. The van der Waals surface area contributed by atoms with Crippen molar-refractivity contribution in [2.45, 2.75) is 51.9 Å². The van der Waals surface area contributed by atoms with E-state index in [1.165, 1.54) is 12.3 Å². The quantitative estimate of drug-likeness (QED) is 0.308. The standard InChI is InChI=1S/C25H29F3N4O3/c1-3-34-23(33)13-20(29)8-6-12-35-21-9-5-4-7-19(21)16-32-17(2)14-31-24(32)18-10-11-22(30-15-18)25(26,27)28/h4-5,7,9-11,14-15,20H,3,6,8,12-13,16,29H2,1-2H3/t20-/m1/s1. The first kappa shape index (κ1) is 26.2. The number of hydrogen-bond donors (Lipinski definition) is 1. The van der Waals surface area contributed by atoms with Gasteiger partial charge in [-0.3, -0.25) is 9.78 Å². The number of imidazole rings is 1.